The second-order valence-corrected chi connectivity index (χ2v) is 7.42. The Balaban J connectivity index is 1.77. The lowest BCUT2D eigenvalue weighted by Crippen LogP contribution is -2.17. The normalized spacial score (nSPS) is 10.5. The van der Waals surface area contributed by atoms with Crippen molar-refractivity contribution >= 4 is 58.2 Å². The zero-order chi connectivity index (χ0) is 23.1. The molecule has 5 N–H and O–H groups in total. The van der Waals surface area contributed by atoms with Crippen molar-refractivity contribution < 1.29 is 14.3 Å². The highest BCUT2D eigenvalue weighted by Gasteiger charge is 2.13. The molecule has 0 bridgehead atoms. The number of carbonyl (C=O) groups is 2. The van der Waals surface area contributed by atoms with Crippen LogP contribution >= 0.6 is 23.2 Å². The molecule has 166 valence electrons. The van der Waals surface area contributed by atoms with E-state index in [9.17, 15) is 9.59 Å². The predicted molar refractivity (Wildman–Crippen MR) is 125 cm³/mol. The van der Waals surface area contributed by atoms with Crippen LogP contribution in [-0.4, -0.2) is 35.5 Å². The highest BCUT2D eigenvalue weighted by molar-refractivity contribution is 6.42. The number of methoxy groups -OCH3 is 1. The van der Waals surface area contributed by atoms with Crippen molar-refractivity contribution in [2.45, 2.75) is 6.54 Å². The number of halogens is 2. The van der Waals surface area contributed by atoms with Gasteiger partial charge in [-0.3, -0.25) is 9.59 Å². The largest absolute Gasteiger partial charge is 0.375 e. The molecule has 0 radical (unpaired) electrons. The van der Waals surface area contributed by atoms with Gasteiger partial charge in [0.25, 0.3) is 5.91 Å². The lowest BCUT2D eigenvalue weighted by atomic mass is 10.2. The third-order valence-corrected chi connectivity index (χ3v) is 4.92. The first-order chi connectivity index (χ1) is 15.4. The third kappa shape index (κ3) is 6.30. The first-order valence-electron chi connectivity index (χ1n) is 9.36. The maximum atomic E-state index is 11.8. The molecular weight excluding hydrogens is 455 g/mol. The number of rotatable bonds is 9. The molecule has 2 aromatic carbocycles. The molecule has 0 saturated carbocycles. The SMILES string of the molecule is COCC(=O)Nc1cccc(Nc2ncc(C(N)=O)c(NCc3ccc(Cl)c(Cl)c3)n2)c1. The Labute approximate surface area is 194 Å². The van der Waals surface area contributed by atoms with Crippen molar-refractivity contribution in [3.8, 4) is 0 Å². The van der Waals surface area contributed by atoms with Crippen LogP contribution in [0.2, 0.25) is 10.0 Å². The molecular formula is C21H20Cl2N6O3. The van der Waals surface area contributed by atoms with Crippen LogP contribution in [0.3, 0.4) is 0 Å². The number of nitrogens with zero attached hydrogens (tertiary/aromatic N) is 2. The van der Waals surface area contributed by atoms with Crippen LogP contribution < -0.4 is 21.7 Å². The standard InChI is InChI=1S/C21H20Cl2N6O3/c1-32-11-18(30)27-13-3-2-4-14(8-13)28-21-26-10-15(19(24)31)20(29-21)25-9-12-5-6-16(22)17(23)7-12/h2-8,10H,9,11H2,1H3,(H2,24,31)(H,27,30)(H2,25,26,28,29). The monoisotopic (exact) mass is 474 g/mol. The first-order valence-corrected chi connectivity index (χ1v) is 10.1. The first kappa shape index (κ1) is 23.3. The van der Waals surface area contributed by atoms with Crippen molar-refractivity contribution in [3.05, 3.63) is 69.8 Å². The van der Waals surface area contributed by atoms with E-state index in [1.54, 1.807) is 42.5 Å². The molecule has 3 aromatic rings. The summed E-state index contributed by atoms with van der Waals surface area (Å²) in [5.41, 5.74) is 7.62. The van der Waals surface area contributed by atoms with E-state index in [1.807, 2.05) is 0 Å². The van der Waals surface area contributed by atoms with E-state index in [1.165, 1.54) is 13.3 Å². The van der Waals surface area contributed by atoms with Gasteiger partial charge in [0.2, 0.25) is 11.9 Å². The average Bonchev–Trinajstić information content (AvgIpc) is 2.75. The van der Waals surface area contributed by atoms with Gasteiger partial charge in [-0.15, -0.1) is 0 Å². The van der Waals surface area contributed by atoms with Crippen LogP contribution in [0.1, 0.15) is 15.9 Å². The predicted octanol–water partition coefficient (Wildman–Crippen LogP) is 3.82. The van der Waals surface area contributed by atoms with Crippen LogP contribution in [0.4, 0.5) is 23.1 Å². The van der Waals surface area contributed by atoms with Crippen LogP contribution in [0.5, 0.6) is 0 Å². The average molecular weight is 475 g/mol. The van der Waals surface area contributed by atoms with Crippen LogP contribution in [0, 0.1) is 0 Å². The summed E-state index contributed by atoms with van der Waals surface area (Å²) >= 11 is 12.0. The minimum atomic E-state index is -0.670. The molecule has 0 saturated heterocycles. The summed E-state index contributed by atoms with van der Waals surface area (Å²) in [4.78, 5) is 32.0. The van der Waals surface area contributed by atoms with E-state index in [0.29, 0.717) is 28.0 Å². The highest BCUT2D eigenvalue weighted by atomic mass is 35.5. The van der Waals surface area contributed by atoms with Crippen molar-refractivity contribution in [1.29, 1.82) is 0 Å². The number of hydrogen-bond donors (Lipinski definition) is 4. The van der Waals surface area contributed by atoms with Gasteiger partial charge in [0.15, 0.2) is 0 Å². The summed E-state index contributed by atoms with van der Waals surface area (Å²) in [6.07, 6.45) is 1.33. The summed E-state index contributed by atoms with van der Waals surface area (Å²) in [6.45, 7) is 0.276. The van der Waals surface area contributed by atoms with Gasteiger partial charge >= 0.3 is 0 Å². The summed E-state index contributed by atoms with van der Waals surface area (Å²) in [5, 5.41) is 9.69. The molecule has 0 aliphatic carbocycles. The lowest BCUT2D eigenvalue weighted by molar-refractivity contribution is -0.119. The Morgan fingerprint density at radius 3 is 2.59 bits per heavy atom. The maximum absolute atomic E-state index is 11.8. The second-order valence-electron chi connectivity index (χ2n) is 6.61. The van der Waals surface area contributed by atoms with Crippen molar-refractivity contribution in [2.75, 3.05) is 29.7 Å². The number of benzene rings is 2. The van der Waals surface area contributed by atoms with Crippen LogP contribution in [0.25, 0.3) is 0 Å². The fourth-order valence-electron chi connectivity index (χ4n) is 2.72. The van der Waals surface area contributed by atoms with Gasteiger partial charge in [0, 0.05) is 31.2 Å². The van der Waals surface area contributed by atoms with E-state index < -0.39 is 5.91 Å². The molecule has 1 heterocycles. The Kier molecular flexibility index (Phi) is 7.82. The summed E-state index contributed by atoms with van der Waals surface area (Å²) in [7, 11) is 1.44. The van der Waals surface area contributed by atoms with Gasteiger partial charge in [0.1, 0.15) is 12.4 Å². The Bertz CT molecular complexity index is 1140. The molecule has 0 fully saturated rings. The van der Waals surface area contributed by atoms with Gasteiger partial charge in [-0.2, -0.15) is 4.98 Å². The van der Waals surface area contributed by atoms with Crippen molar-refractivity contribution in [1.82, 2.24) is 9.97 Å². The fraction of sp³-hybridized carbons (Fsp3) is 0.143. The molecule has 0 atom stereocenters. The minimum absolute atomic E-state index is 0.0524. The molecule has 0 spiro atoms. The van der Waals surface area contributed by atoms with Gasteiger partial charge in [-0.25, -0.2) is 4.98 Å². The Hall–Kier alpha value is -3.40. The van der Waals surface area contributed by atoms with E-state index >= 15 is 0 Å². The summed E-state index contributed by atoms with van der Waals surface area (Å²) in [5.74, 6) is -0.464. The smallest absolute Gasteiger partial charge is 0.254 e. The highest BCUT2D eigenvalue weighted by Crippen LogP contribution is 2.24. The number of anilines is 4. The second kappa shape index (κ2) is 10.8. The summed E-state index contributed by atoms with van der Waals surface area (Å²) in [6, 6.07) is 12.2. The number of nitrogens with one attached hydrogen (secondary N) is 3. The number of amides is 2. The zero-order valence-electron chi connectivity index (χ0n) is 17.0. The number of nitrogens with two attached hydrogens (primary N) is 1. The van der Waals surface area contributed by atoms with Crippen LogP contribution in [-0.2, 0) is 16.1 Å². The number of aromatic nitrogens is 2. The third-order valence-electron chi connectivity index (χ3n) is 4.18. The van der Waals surface area contributed by atoms with E-state index in [2.05, 4.69) is 25.9 Å². The number of hydrogen-bond acceptors (Lipinski definition) is 7. The fourth-order valence-corrected chi connectivity index (χ4v) is 3.05. The molecule has 9 nitrogen and oxygen atoms in total. The molecule has 2 amide bonds. The molecule has 11 heteroatoms. The quantitative estimate of drug-likeness (QED) is 0.370. The Morgan fingerprint density at radius 2 is 1.88 bits per heavy atom. The lowest BCUT2D eigenvalue weighted by Gasteiger charge is -2.12. The van der Waals surface area contributed by atoms with E-state index in [0.717, 1.165) is 5.56 Å². The maximum Gasteiger partial charge on any atom is 0.254 e. The number of carbonyl (C=O) groups excluding carboxylic acids is 2. The van der Waals surface area contributed by atoms with Crippen LogP contribution in [0.15, 0.2) is 48.7 Å². The Morgan fingerprint density at radius 1 is 1.09 bits per heavy atom. The molecule has 3 rings (SSSR count). The van der Waals surface area contributed by atoms with Gasteiger partial charge in [0.05, 0.1) is 15.6 Å². The summed E-state index contributed by atoms with van der Waals surface area (Å²) < 4.78 is 4.81. The van der Waals surface area contributed by atoms with Crippen molar-refractivity contribution in [3.63, 3.8) is 0 Å². The van der Waals surface area contributed by atoms with Gasteiger partial charge < -0.3 is 26.4 Å². The topological polar surface area (TPSA) is 131 Å². The molecule has 0 unspecified atom stereocenters. The zero-order valence-corrected chi connectivity index (χ0v) is 18.5. The molecule has 32 heavy (non-hydrogen) atoms. The van der Waals surface area contributed by atoms with Crippen molar-refractivity contribution in [2.24, 2.45) is 5.73 Å². The van der Waals surface area contributed by atoms with Gasteiger partial charge in [-0.1, -0.05) is 35.3 Å². The molecule has 0 aliphatic rings. The molecule has 0 aliphatic heterocycles. The minimum Gasteiger partial charge on any atom is -0.375 e. The van der Waals surface area contributed by atoms with E-state index in [4.69, 9.17) is 33.7 Å². The number of primary amides is 1. The molecule has 1 aromatic heterocycles. The van der Waals surface area contributed by atoms with Gasteiger partial charge in [-0.05, 0) is 35.9 Å². The van der Waals surface area contributed by atoms with E-state index in [-0.39, 0.29) is 29.8 Å². The number of ether oxygens (including phenoxy) is 1.